The number of benzene rings is 1. The topological polar surface area (TPSA) is 46.0 Å². The van der Waals surface area contributed by atoms with E-state index in [-0.39, 0.29) is 0 Å². The zero-order valence-electron chi connectivity index (χ0n) is 11.9. The molecule has 0 aromatic heterocycles. The molecule has 4 nitrogen and oxygen atoms in total. The third kappa shape index (κ3) is 3.25. The maximum Gasteiger partial charge on any atom is 0.171 e. The normalized spacial score (nSPS) is 28.1. The van der Waals surface area contributed by atoms with Gasteiger partial charge in [0.2, 0.25) is 0 Å². The average molecular weight is 324 g/mol. The summed E-state index contributed by atoms with van der Waals surface area (Å²) >= 11 is 7.54. The fraction of sp³-hybridized carbons (Fsp3) is 0.467. The lowest BCUT2D eigenvalue weighted by Gasteiger charge is -2.25. The fourth-order valence-corrected chi connectivity index (χ4v) is 3.49. The standard InChI is InChI=1S/C15H18ClN3OS/c1-15(13-17-8-2-3-9-18-13)14(21-10-20-15)19-12-6-4-11(16)5-7-12/h4-7H,2-3,8-10H2,1H3,(H,17,18). The van der Waals surface area contributed by atoms with E-state index < -0.39 is 5.60 Å². The molecular formula is C15H18ClN3OS. The van der Waals surface area contributed by atoms with Crippen LogP contribution in [0.4, 0.5) is 5.69 Å². The minimum absolute atomic E-state index is 0.561. The molecule has 0 spiro atoms. The van der Waals surface area contributed by atoms with Gasteiger partial charge in [0.15, 0.2) is 5.60 Å². The Morgan fingerprint density at radius 1 is 1.33 bits per heavy atom. The van der Waals surface area contributed by atoms with Crippen LogP contribution in [0.3, 0.4) is 0 Å². The van der Waals surface area contributed by atoms with Crippen LogP contribution in [-0.2, 0) is 4.74 Å². The summed E-state index contributed by atoms with van der Waals surface area (Å²) in [7, 11) is 0. The molecule has 3 rings (SSSR count). The molecule has 1 atom stereocenters. The number of amidine groups is 1. The van der Waals surface area contributed by atoms with Crippen molar-refractivity contribution in [1.29, 1.82) is 0 Å². The molecule has 0 aliphatic carbocycles. The van der Waals surface area contributed by atoms with Gasteiger partial charge < -0.3 is 10.1 Å². The number of ether oxygens (including phenoxy) is 1. The first-order chi connectivity index (χ1) is 10.2. The maximum atomic E-state index is 5.96. The number of hydrogen-bond donors (Lipinski definition) is 1. The van der Waals surface area contributed by atoms with Crippen LogP contribution in [0.1, 0.15) is 19.8 Å². The van der Waals surface area contributed by atoms with E-state index >= 15 is 0 Å². The molecule has 1 saturated heterocycles. The highest BCUT2D eigenvalue weighted by molar-refractivity contribution is 8.14. The van der Waals surface area contributed by atoms with Gasteiger partial charge in [0, 0.05) is 18.1 Å². The lowest BCUT2D eigenvalue weighted by molar-refractivity contribution is 0.118. The zero-order chi connectivity index (χ0) is 14.7. The largest absolute Gasteiger partial charge is 0.371 e. The number of nitrogens with zero attached hydrogens (tertiary/aromatic N) is 2. The van der Waals surface area contributed by atoms with Gasteiger partial charge in [-0.15, -0.1) is 0 Å². The number of rotatable bonds is 2. The Bertz CT molecular complexity index is 573. The van der Waals surface area contributed by atoms with Gasteiger partial charge in [-0.25, -0.2) is 4.99 Å². The van der Waals surface area contributed by atoms with Crippen molar-refractivity contribution in [3.8, 4) is 0 Å². The van der Waals surface area contributed by atoms with Crippen LogP contribution in [0.2, 0.25) is 5.02 Å². The van der Waals surface area contributed by atoms with Crippen molar-refractivity contribution in [2.45, 2.75) is 25.4 Å². The number of halogens is 1. The highest BCUT2D eigenvalue weighted by Gasteiger charge is 2.43. The van der Waals surface area contributed by atoms with Gasteiger partial charge in [0.1, 0.15) is 10.9 Å². The van der Waals surface area contributed by atoms with Crippen molar-refractivity contribution in [1.82, 2.24) is 5.32 Å². The highest BCUT2D eigenvalue weighted by atomic mass is 35.5. The molecule has 2 aliphatic heterocycles. The molecule has 1 fully saturated rings. The van der Waals surface area contributed by atoms with Gasteiger partial charge in [0.25, 0.3) is 0 Å². The molecule has 0 amide bonds. The van der Waals surface area contributed by atoms with E-state index in [4.69, 9.17) is 21.3 Å². The third-order valence-corrected chi connectivity index (χ3v) is 4.85. The van der Waals surface area contributed by atoms with Crippen molar-refractivity contribution in [3.63, 3.8) is 0 Å². The lowest BCUT2D eigenvalue weighted by Crippen LogP contribution is -2.48. The summed E-state index contributed by atoms with van der Waals surface area (Å²) in [5.74, 6) is 1.50. The minimum Gasteiger partial charge on any atom is -0.371 e. The van der Waals surface area contributed by atoms with E-state index in [9.17, 15) is 0 Å². The van der Waals surface area contributed by atoms with Crippen LogP contribution in [-0.4, -0.2) is 35.5 Å². The molecule has 0 radical (unpaired) electrons. The Morgan fingerprint density at radius 2 is 2.14 bits per heavy atom. The molecule has 2 aliphatic rings. The first kappa shape index (κ1) is 14.9. The summed E-state index contributed by atoms with van der Waals surface area (Å²) in [6.45, 7) is 3.83. The summed E-state index contributed by atoms with van der Waals surface area (Å²) in [6, 6.07) is 7.52. The summed E-state index contributed by atoms with van der Waals surface area (Å²) in [5.41, 5.74) is 0.321. The quantitative estimate of drug-likeness (QED) is 0.904. The molecule has 1 aromatic carbocycles. The van der Waals surface area contributed by atoms with Gasteiger partial charge in [-0.1, -0.05) is 23.4 Å². The fourth-order valence-electron chi connectivity index (χ4n) is 2.35. The van der Waals surface area contributed by atoms with Crippen molar-refractivity contribution >= 4 is 39.9 Å². The van der Waals surface area contributed by atoms with E-state index in [1.54, 1.807) is 11.8 Å². The second-order valence-corrected chi connectivity index (χ2v) is 6.54. The molecular weight excluding hydrogens is 306 g/mol. The van der Waals surface area contributed by atoms with E-state index in [2.05, 4.69) is 10.3 Å². The zero-order valence-corrected chi connectivity index (χ0v) is 13.5. The van der Waals surface area contributed by atoms with Crippen LogP contribution < -0.4 is 5.32 Å². The first-order valence-electron chi connectivity index (χ1n) is 7.09. The Morgan fingerprint density at radius 3 is 2.95 bits per heavy atom. The van der Waals surface area contributed by atoms with Crippen molar-refractivity contribution < 1.29 is 4.74 Å². The molecule has 21 heavy (non-hydrogen) atoms. The first-order valence-corrected chi connectivity index (χ1v) is 8.45. The smallest absolute Gasteiger partial charge is 0.171 e. The molecule has 112 valence electrons. The van der Waals surface area contributed by atoms with Gasteiger partial charge in [-0.05, 0) is 44.0 Å². The summed E-state index contributed by atoms with van der Waals surface area (Å²) < 4.78 is 5.96. The maximum absolute atomic E-state index is 5.96. The van der Waals surface area contributed by atoms with Gasteiger partial charge in [0.05, 0.1) is 11.6 Å². The van der Waals surface area contributed by atoms with E-state index in [0.29, 0.717) is 11.0 Å². The number of thioether (sulfide) groups is 1. The number of hydrogen-bond acceptors (Lipinski definition) is 5. The number of aliphatic imine (C=N–C) groups is 2. The Labute approximate surface area is 134 Å². The predicted molar refractivity (Wildman–Crippen MR) is 90.0 cm³/mol. The monoisotopic (exact) mass is 323 g/mol. The average Bonchev–Trinajstić information content (AvgIpc) is 2.70. The van der Waals surface area contributed by atoms with Crippen LogP contribution in [0.5, 0.6) is 0 Å². The van der Waals surface area contributed by atoms with Crippen molar-refractivity contribution in [2.24, 2.45) is 9.98 Å². The lowest BCUT2D eigenvalue weighted by atomic mass is 10.1. The predicted octanol–water partition coefficient (Wildman–Crippen LogP) is 3.63. The molecule has 6 heteroatoms. The second kappa shape index (κ2) is 6.38. The SMILES string of the molecule is CC1(C2=NCCCCN2)OCSC1=Nc1ccc(Cl)cc1. The Kier molecular flexibility index (Phi) is 4.52. The summed E-state index contributed by atoms with van der Waals surface area (Å²) in [5, 5.41) is 5.06. The van der Waals surface area contributed by atoms with Crippen LogP contribution in [0, 0.1) is 0 Å². The molecule has 1 unspecified atom stereocenters. The van der Waals surface area contributed by atoms with Crippen LogP contribution in [0.25, 0.3) is 0 Å². The van der Waals surface area contributed by atoms with Crippen LogP contribution >= 0.6 is 23.4 Å². The van der Waals surface area contributed by atoms with Gasteiger partial charge in [-0.3, -0.25) is 4.99 Å². The second-order valence-electron chi connectivity index (χ2n) is 5.20. The molecule has 0 bridgehead atoms. The van der Waals surface area contributed by atoms with E-state index in [1.165, 1.54) is 0 Å². The van der Waals surface area contributed by atoms with Gasteiger partial charge in [-0.2, -0.15) is 0 Å². The summed E-state index contributed by atoms with van der Waals surface area (Å²) in [4.78, 5) is 9.38. The number of nitrogens with one attached hydrogen (secondary N) is 1. The van der Waals surface area contributed by atoms with Crippen molar-refractivity contribution in [2.75, 3.05) is 19.0 Å². The molecule has 1 N–H and O–H groups in total. The molecule has 2 heterocycles. The Balaban J connectivity index is 1.90. The van der Waals surface area contributed by atoms with E-state index in [1.807, 2.05) is 31.2 Å². The van der Waals surface area contributed by atoms with Crippen LogP contribution in [0.15, 0.2) is 34.3 Å². The molecule has 1 aromatic rings. The summed E-state index contributed by atoms with van der Waals surface area (Å²) in [6.07, 6.45) is 2.25. The highest BCUT2D eigenvalue weighted by Crippen LogP contribution is 2.34. The van der Waals surface area contributed by atoms with Crippen molar-refractivity contribution in [3.05, 3.63) is 29.3 Å². The molecule has 0 saturated carbocycles. The minimum atomic E-state index is -0.561. The Hall–Kier alpha value is -1.04. The van der Waals surface area contributed by atoms with E-state index in [0.717, 1.165) is 42.5 Å². The van der Waals surface area contributed by atoms with Gasteiger partial charge >= 0.3 is 0 Å². The third-order valence-electron chi connectivity index (χ3n) is 3.61.